The van der Waals surface area contributed by atoms with Gasteiger partial charge in [-0.05, 0) is 38.0 Å². The zero-order valence-electron chi connectivity index (χ0n) is 14.5. The number of hydrogen-bond acceptors (Lipinski definition) is 6. The van der Waals surface area contributed by atoms with E-state index in [1.54, 1.807) is 6.92 Å². The number of halogens is 2. The van der Waals surface area contributed by atoms with Crippen molar-refractivity contribution in [3.8, 4) is 0 Å². The molecule has 5 unspecified atom stereocenters. The zero-order chi connectivity index (χ0) is 19.9. The fourth-order valence-corrected chi connectivity index (χ4v) is 4.12. The maximum absolute atomic E-state index is 13.3. The standard InChI is InChI=1S/C16H22F2O7S/c1-8(2)14(19)25-13-10-4-5-11(13)12(9(3)6-10)15(20)24-7-16(17,18)26(21,22)23/h9-13H,1,4-7H2,2-3H3,(H,21,22,23). The summed E-state index contributed by atoms with van der Waals surface area (Å²) >= 11 is 0. The molecule has 1 N–H and O–H groups in total. The first-order chi connectivity index (χ1) is 11.8. The Bertz CT molecular complexity index is 703. The van der Waals surface area contributed by atoms with E-state index in [4.69, 9.17) is 9.29 Å². The van der Waals surface area contributed by atoms with Crippen LogP contribution in [0.4, 0.5) is 8.78 Å². The summed E-state index contributed by atoms with van der Waals surface area (Å²) in [6.45, 7) is 5.02. The second-order valence-corrected chi connectivity index (χ2v) is 8.66. The van der Waals surface area contributed by atoms with Crippen molar-refractivity contribution in [2.75, 3.05) is 6.61 Å². The molecule has 148 valence electrons. The molecule has 0 spiro atoms. The Kier molecular flexibility index (Phi) is 5.77. The van der Waals surface area contributed by atoms with Crippen molar-refractivity contribution in [3.63, 3.8) is 0 Å². The van der Waals surface area contributed by atoms with Crippen LogP contribution in [0.25, 0.3) is 0 Å². The van der Waals surface area contributed by atoms with Crippen molar-refractivity contribution >= 4 is 22.1 Å². The molecule has 0 aromatic carbocycles. The molecule has 2 aliphatic rings. The lowest BCUT2D eigenvalue weighted by molar-refractivity contribution is -0.169. The van der Waals surface area contributed by atoms with Crippen molar-refractivity contribution in [3.05, 3.63) is 12.2 Å². The molecular weight excluding hydrogens is 374 g/mol. The molecule has 7 nitrogen and oxygen atoms in total. The van der Waals surface area contributed by atoms with Crippen LogP contribution in [0.2, 0.25) is 0 Å². The Morgan fingerprint density at radius 3 is 2.46 bits per heavy atom. The van der Waals surface area contributed by atoms with Gasteiger partial charge in [-0.1, -0.05) is 13.5 Å². The Morgan fingerprint density at radius 1 is 1.31 bits per heavy atom. The van der Waals surface area contributed by atoms with E-state index in [2.05, 4.69) is 11.3 Å². The quantitative estimate of drug-likeness (QED) is 0.417. The third-order valence-corrected chi connectivity index (χ3v) is 6.00. The van der Waals surface area contributed by atoms with E-state index in [-0.39, 0.29) is 23.3 Å². The first kappa shape index (κ1) is 20.8. The minimum Gasteiger partial charge on any atom is -0.458 e. The predicted octanol–water partition coefficient (Wildman–Crippen LogP) is 2.18. The topological polar surface area (TPSA) is 107 Å². The lowest BCUT2D eigenvalue weighted by atomic mass is 9.71. The Hall–Kier alpha value is -1.55. The highest BCUT2D eigenvalue weighted by Gasteiger charge is 2.53. The number of rotatable bonds is 6. The Labute approximate surface area is 150 Å². The summed E-state index contributed by atoms with van der Waals surface area (Å²) < 4.78 is 66.2. The Morgan fingerprint density at radius 2 is 1.92 bits per heavy atom. The van der Waals surface area contributed by atoms with Crippen molar-refractivity contribution in [1.29, 1.82) is 0 Å². The van der Waals surface area contributed by atoms with Gasteiger partial charge in [-0.3, -0.25) is 9.35 Å². The van der Waals surface area contributed by atoms with Gasteiger partial charge in [0.1, 0.15) is 6.10 Å². The summed E-state index contributed by atoms with van der Waals surface area (Å²) in [5, 5.41) is -4.58. The van der Waals surface area contributed by atoms with Crippen LogP contribution in [0.15, 0.2) is 12.2 Å². The Balaban J connectivity index is 2.11. The van der Waals surface area contributed by atoms with Crippen molar-refractivity contribution < 1.29 is 40.8 Å². The maximum Gasteiger partial charge on any atom is 0.402 e. The molecule has 0 aromatic rings. The number of alkyl halides is 2. The van der Waals surface area contributed by atoms with Gasteiger partial charge in [0.25, 0.3) is 0 Å². The molecule has 2 saturated carbocycles. The van der Waals surface area contributed by atoms with E-state index in [1.165, 1.54) is 6.92 Å². The van der Waals surface area contributed by atoms with E-state index >= 15 is 0 Å². The molecular formula is C16H22F2O7S. The highest BCUT2D eigenvalue weighted by Crippen LogP contribution is 2.50. The highest BCUT2D eigenvalue weighted by atomic mass is 32.2. The van der Waals surface area contributed by atoms with E-state index < -0.39 is 45.9 Å². The van der Waals surface area contributed by atoms with Gasteiger partial charge in [0.15, 0.2) is 6.61 Å². The summed E-state index contributed by atoms with van der Waals surface area (Å²) in [6, 6.07) is 0. The molecule has 0 heterocycles. The molecule has 2 aliphatic carbocycles. The van der Waals surface area contributed by atoms with E-state index in [0.717, 1.165) is 6.42 Å². The number of ether oxygens (including phenoxy) is 2. The molecule has 2 bridgehead atoms. The zero-order valence-corrected chi connectivity index (χ0v) is 15.3. The van der Waals surface area contributed by atoms with Crippen LogP contribution < -0.4 is 0 Å². The number of carbonyl (C=O) groups is 2. The number of fused-ring (bicyclic) bond motifs is 2. The molecule has 0 radical (unpaired) electrons. The molecule has 0 aromatic heterocycles. The van der Waals surface area contributed by atoms with Crippen molar-refractivity contribution in [2.24, 2.45) is 23.7 Å². The summed E-state index contributed by atoms with van der Waals surface area (Å²) in [5.74, 6) is -2.87. The van der Waals surface area contributed by atoms with Gasteiger partial charge >= 0.3 is 27.3 Å². The van der Waals surface area contributed by atoms with Gasteiger partial charge in [-0.15, -0.1) is 0 Å². The van der Waals surface area contributed by atoms with E-state index in [9.17, 15) is 26.8 Å². The van der Waals surface area contributed by atoms with E-state index in [1.807, 2.05) is 0 Å². The molecule has 2 rings (SSSR count). The maximum atomic E-state index is 13.3. The molecule has 5 atom stereocenters. The first-order valence-corrected chi connectivity index (χ1v) is 9.67. The van der Waals surface area contributed by atoms with Gasteiger partial charge in [-0.25, -0.2) is 4.79 Å². The molecule has 0 amide bonds. The third-order valence-electron chi connectivity index (χ3n) is 5.13. The second-order valence-electron chi connectivity index (χ2n) is 7.11. The van der Waals surface area contributed by atoms with Crippen LogP contribution >= 0.6 is 0 Å². The summed E-state index contributed by atoms with van der Waals surface area (Å²) in [6.07, 6.45) is 1.32. The smallest absolute Gasteiger partial charge is 0.402 e. The average Bonchev–Trinajstić information content (AvgIpc) is 2.77. The number of carbonyl (C=O) groups excluding carboxylic acids is 2. The largest absolute Gasteiger partial charge is 0.458 e. The van der Waals surface area contributed by atoms with Crippen LogP contribution in [0.3, 0.4) is 0 Å². The summed E-state index contributed by atoms with van der Waals surface area (Å²) in [4.78, 5) is 24.2. The van der Waals surface area contributed by atoms with Gasteiger partial charge < -0.3 is 9.47 Å². The normalized spacial score (nSPS) is 31.3. The lowest BCUT2D eigenvalue weighted by Crippen LogP contribution is -2.45. The predicted molar refractivity (Wildman–Crippen MR) is 85.6 cm³/mol. The monoisotopic (exact) mass is 396 g/mol. The average molecular weight is 396 g/mol. The second kappa shape index (κ2) is 7.22. The first-order valence-electron chi connectivity index (χ1n) is 8.23. The van der Waals surface area contributed by atoms with Gasteiger partial charge in [0.2, 0.25) is 0 Å². The molecule has 2 fully saturated rings. The fraction of sp³-hybridized carbons (Fsp3) is 0.750. The van der Waals surface area contributed by atoms with E-state index in [0.29, 0.717) is 12.8 Å². The molecule has 0 saturated heterocycles. The van der Waals surface area contributed by atoms with Gasteiger partial charge in [0, 0.05) is 11.5 Å². The minimum atomic E-state index is -5.68. The van der Waals surface area contributed by atoms with Crippen LogP contribution in [-0.2, 0) is 29.2 Å². The van der Waals surface area contributed by atoms with Crippen LogP contribution in [0.5, 0.6) is 0 Å². The lowest BCUT2D eigenvalue weighted by Gasteiger charge is -2.38. The van der Waals surface area contributed by atoms with Crippen LogP contribution in [-0.4, -0.2) is 42.9 Å². The molecule has 10 heteroatoms. The molecule has 26 heavy (non-hydrogen) atoms. The summed E-state index contributed by atoms with van der Waals surface area (Å²) in [5.41, 5.74) is 0.218. The van der Waals surface area contributed by atoms with Crippen molar-refractivity contribution in [1.82, 2.24) is 0 Å². The number of esters is 2. The SMILES string of the molecule is C=C(C)C(=O)OC1C2CCC1C(C(=O)OCC(F)(F)S(=O)(=O)O)C(C)C2. The third kappa shape index (κ3) is 4.06. The van der Waals surface area contributed by atoms with Gasteiger partial charge in [0.05, 0.1) is 5.92 Å². The number of hydrogen-bond donors (Lipinski definition) is 1. The minimum absolute atomic E-state index is 0.0709. The van der Waals surface area contributed by atoms with Crippen LogP contribution in [0.1, 0.15) is 33.1 Å². The van der Waals surface area contributed by atoms with Crippen LogP contribution in [0, 0.1) is 23.7 Å². The summed E-state index contributed by atoms with van der Waals surface area (Å²) in [7, 11) is -5.68. The fourth-order valence-electron chi connectivity index (χ4n) is 3.91. The van der Waals surface area contributed by atoms with Gasteiger partial charge in [-0.2, -0.15) is 17.2 Å². The molecule has 0 aliphatic heterocycles. The van der Waals surface area contributed by atoms with Crippen molar-refractivity contribution in [2.45, 2.75) is 44.5 Å². The highest BCUT2D eigenvalue weighted by molar-refractivity contribution is 7.86.